The van der Waals surface area contributed by atoms with Crippen LogP contribution in [-0.4, -0.2) is 43.4 Å². The van der Waals surface area contributed by atoms with Crippen molar-refractivity contribution >= 4 is 16.3 Å². The summed E-state index contributed by atoms with van der Waals surface area (Å²) in [5.41, 5.74) is -0.578. The summed E-state index contributed by atoms with van der Waals surface area (Å²) in [6.07, 6.45) is 0.313. The van der Waals surface area contributed by atoms with Gasteiger partial charge in [0, 0.05) is 18.5 Å². The fourth-order valence-electron chi connectivity index (χ4n) is 2.74. The molecule has 3 fully saturated rings. The molecule has 5 nitrogen and oxygen atoms in total. The molecule has 1 amide bonds. The Morgan fingerprint density at radius 3 is 2.56 bits per heavy atom. The lowest BCUT2D eigenvalue weighted by molar-refractivity contribution is 0.0212. The van der Waals surface area contributed by atoms with Crippen LogP contribution in [0.25, 0.3) is 0 Å². The van der Waals surface area contributed by atoms with Gasteiger partial charge in [-0.2, -0.15) is 8.42 Å². The molecule has 3 atom stereocenters. The molecule has 104 valence electrons. The van der Waals surface area contributed by atoms with Crippen LogP contribution in [0.5, 0.6) is 0 Å². The molecule has 1 saturated carbocycles. The molecule has 0 aromatic heterocycles. The molecule has 3 aliphatic rings. The molecule has 0 spiro atoms. The zero-order chi connectivity index (χ0) is 13.7. The van der Waals surface area contributed by atoms with Gasteiger partial charge in [0.05, 0.1) is 5.75 Å². The second-order valence-electron chi connectivity index (χ2n) is 6.07. The van der Waals surface area contributed by atoms with Crippen LogP contribution in [0.3, 0.4) is 0 Å². The normalized spacial score (nSPS) is 31.1. The van der Waals surface area contributed by atoms with Gasteiger partial charge in [-0.3, -0.25) is 0 Å². The summed E-state index contributed by atoms with van der Waals surface area (Å²) < 4.78 is 39.2. The van der Waals surface area contributed by atoms with Crippen LogP contribution in [0.2, 0.25) is 0 Å². The van der Waals surface area contributed by atoms with Gasteiger partial charge in [0.25, 0.3) is 0 Å². The smallest absolute Gasteiger partial charge is 0.410 e. The number of rotatable bonds is 2. The minimum Gasteiger partial charge on any atom is -0.444 e. The Hall–Kier alpha value is -0.850. The average Bonchev–Trinajstić information content (AvgIpc) is 2.66. The topological polar surface area (TPSA) is 63.7 Å². The number of fused-ring (bicyclic) bond motifs is 1. The number of halogens is 1. The lowest BCUT2D eigenvalue weighted by atomic mass is 9.75. The second kappa shape index (κ2) is 4.08. The summed E-state index contributed by atoms with van der Waals surface area (Å²) in [5, 5.41) is 0. The Morgan fingerprint density at radius 1 is 1.44 bits per heavy atom. The van der Waals surface area contributed by atoms with Crippen LogP contribution in [0.4, 0.5) is 8.68 Å². The maximum Gasteiger partial charge on any atom is 0.410 e. The van der Waals surface area contributed by atoms with E-state index in [0.29, 0.717) is 6.54 Å². The van der Waals surface area contributed by atoms with Crippen molar-refractivity contribution in [3.8, 4) is 0 Å². The van der Waals surface area contributed by atoms with Crippen molar-refractivity contribution in [3.63, 3.8) is 0 Å². The summed E-state index contributed by atoms with van der Waals surface area (Å²) in [6.45, 7) is 5.79. The van der Waals surface area contributed by atoms with Crippen molar-refractivity contribution < 1.29 is 21.8 Å². The number of carbonyl (C=O) groups excluding carboxylic acids is 1. The van der Waals surface area contributed by atoms with Crippen LogP contribution in [0.15, 0.2) is 0 Å². The van der Waals surface area contributed by atoms with Crippen LogP contribution in [-0.2, 0) is 15.0 Å². The van der Waals surface area contributed by atoms with E-state index in [-0.39, 0.29) is 17.9 Å². The molecule has 3 rings (SSSR count). The number of hydrogen-bond acceptors (Lipinski definition) is 4. The van der Waals surface area contributed by atoms with Crippen molar-refractivity contribution in [1.29, 1.82) is 0 Å². The molecule has 7 heteroatoms. The third-order valence-electron chi connectivity index (χ3n) is 3.50. The maximum atomic E-state index is 12.7. The van der Waals surface area contributed by atoms with E-state index in [4.69, 9.17) is 4.74 Å². The first kappa shape index (κ1) is 13.6. The van der Waals surface area contributed by atoms with E-state index in [0.717, 1.165) is 6.42 Å². The predicted molar refractivity (Wildman–Crippen MR) is 63.2 cm³/mol. The summed E-state index contributed by atoms with van der Waals surface area (Å²) >= 11 is 0. The van der Waals surface area contributed by atoms with Crippen molar-refractivity contribution in [2.45, 2.75) is 38.8 Å². The quantitative estimate of drug-likeness (QED) is 0.719. The lowest BCUT2D eigenvalue weighted by Crippen LogP contribution is -2.45. The van der Waals surface area contributed by atoms with E-state index < -0.39 is 27.7 Å². The first-order valence-corrected chi connectivity index (χ1v) is 7.54. The number of nitrogens with zero attached hydrogens (tertiary/aromatic N) is 1. The van der Waals surface area contributed by atoms with Gasteiger partial charge in [-0.25, -0.2) is 4.79 Å². The molecule has 2 aliphatic heterocycles. The van der Waals surface area contributed by atoms with Crippen molar-refractivity contribution in [1.82, 2.24) is 4.90 Å². The molecule has 1 aliphatic carbocycles. The van der Waals surface area contributed by atoms with E-state index in [9.17, 15) is 17.1 Å². The average molecular weight is 279 g/mol. The summed E-state index contributed by atoms with van der Waals surface area (Å²) in [7, 11) is -4.47. The van der Waals surface area contributed by atoms with E-state index in [1.807, 2.05) is 0 Å². The first-order valence-electron chi connectivity index (χ1n) is 5.99. The molecule has 18 heavy (non-hydrogen) atoms. The molecule has 2 saturated heterocycles. The maximum absolute atomic E-state index is 12.7. The van der Waals surface area contributed by atoms with Crippen LogP contribution < -0.4 is 0 Å². The Kier molecular flexibility index (Phi) is 3.08. The molecular formula is C11H18FNO4S. The van der Waals surface area contributed by atoms with Gasteiger partial charge in [-0.05, 0) is 33.1 Å². The lowest BCUT2D eigenvalue weighted by Gasteiger charge is -2.35. The fraction of sp³-hybridized carbons (Fsp3) is 0.909. The predicted octanol–water partition coefficient (Wildman–Crippen LogP) is 1.54. The van der Waals surface area contributed by atoms with Gasteiger partial charge in [-0.15, -0.1) is 3.89 Å². The van der Waals surface area contributed by atoms with Gasteiger partial charge in [0.15, 0.2) is 0 Å². The minimum atomic E-state index is -4.47. The standard InChI is InChI=1S/C11H18FNO4S/c1-11(2,3)17-10(14)13-5-7-4-9(13)8(7)6-18(12,15)16/h7-9H,4-6H2,1-3H3/t7-,8?,9-/m0/s1. The molecule has 0 radical (unpaired) electrons. The summed E-state index contributed by atoms with van der Waals surface area (Å²) in [4.78, 5) is 13.4. The number of carbonyl (C=O) groups is 1. The highest BCUT2D eigenvalue weighted by Gasteiger charge is 2.55. The second-order valence-corrected chi connectivity index (χ2v) is 7.48. The van der Waals surface area contributed by atoms with Gasteiger partial charge in [0.2, 0.25) is 0 Å². The first-order chi connectivity index (χ1) is 8.07. The molecular weight excluding hydrogens is 261 g/mol. The van der Waals surface area contributed by atoms with E-state index in [2.05, 4.69) is 0 Å². The van der Waals surface area contributed by atoms with Crippen molar-refractivity contribution in [2.75, 3.05) is 12.3 Å². The summed E-state index contributed by atoms with van der Waals surface area (Å²) in [5.74, 6) is -0.665. The Morgan fingerprint density at radius 2 is 2.06 bits per heavy atom. The van der Waals surface area contributed by atoms with Crippen molar-refractivity contribution in [2.24, 2.45) is 11.8 Å². The molecule has 1 unspecified atom stereocenters. The number of hydrogen-bond donors (Lipinski definition) is 0. The Balaban J connectivity index is 1.98. The highest BCUT2D eigenvalue weighted by molar-refractivity contribution is 7.86. The van der Waals surface area contributed by atoms with Gasteiger partial charge >= 0.3 is 16.3 Å². The Bertz CT molecular complexity index is 456. The fourth-order valence-corrected chi connectivity index (χ4v) is 3.70. The molecule has 2 bridgehead atoms. The highest BCUT2D eigenvalue weighted by Crippen LogP contribution is 2.47. The highest BCUT2D eigenvalue weighted by atomic mass is 32.3. The third-order valence-corrected chi connectivity index (χ3v) is 4.28. The van der Waals surface area contributed by atoms with E-state index >= 15 is 0 Å². The van der Waals surface area contributed by atoms with Crippen LogP contribution in [0.1, 0.15) is 27.2 Å². The van der Waals surface area contributed by atoms with E-state index in [1.54, 1.807) is 20.8 Å². The van der Waals surface area contributed by atoms with E-state index in [1.165, 1.54) is 4.90 Å². The monoisotopic (exact) mass is 279 g/mol. The summed E-state index contributed by atoms with van der Waals surface area (Å²) in [6, 6.07) is -0.185. The molecule has 0 N–H and O–H groups in total. The van der Waals surface area contributed by atoms with Gasteiger partial charge in [0.1, 0.15) is 5.60 Å². The van der Waals surface area contributed by atoms with Crippen LogP contribution >= 0.6 is 0 Å². The largest absolute Gasteiger partial charge is 0.444 e. The zero-order valence-electron chi connectivity index (χ0n) is 10.7. The SMILES string of the molecule is CC(C)(C)OC(=O)N1C[C@@H]2C[C@H]1C2CS(=O)(=O)F. The third kappa shape index (κ3) is 2.76. The molecule has 0 aromatic carbocycles. The minimum absolute atomic E-state index is 0.0908. The van der Waals surface area contributed by atoms with Crippen molar-refractivity contribution in [3.05, 3.63) is 0 Å². The van der Waals surface area contributed by atoms with Gasteiger partial charge in [-0.1, -0.05) is 0 Å². The molecule has 2 heterocycles. The van der Waals surface area contributed by atoms with Crippen LogP contribution in [0, 0.1) is 11.8 Å². The van der Waals surface area contributed by atoms with Gasteiger partial charge < -0.3 is 9.64 Å². The Labute approximate surface area is 106 Å². The number of amides is 1. The number of ether oxygens (including phenoxy) is 1. The zero-order valence-corrected chi connectivity index (χ0v) is 11.5. The molecule has 0 aromatic rings.